The summed E-state index contributed by atoms with van der Waals surface area (Å²) in [6, 6.07) is 20.0. The van der Waals surface area contributed by atoms with Crippen LogP contribution in [0.5, 0.6) is 5.75 Å². The summed E-state index contributed by atoms with van der Waals surface area (Å²) in [6.07, 6.45) is 4.40. The van der Waals surface area contributed by atoms with Crippen molar-refractivity contribution in [1.82, 2.24) is 9.88 Å². The van der Waals surface area contributed by atoms with Gasteiger partial charge in [0.05, 0.1) is 19.6 Å². The normalized spacial score (nSPS) is 11.8. The average molecular weight is 348 g/mol. The smallest absolute Gasteiger partial charge is 0.222 e. The van der Waals surface area contributed by atoms with Crippen molar-refractivity contribution in [2.24, 2.45) is 0 Å². The summed E-state index contributed by atoms with van der Waals surface area (Å²) >= 11 is 0. The monoisotopic (exact) mass is 348 g/mol. The van der Waals surface area contributed by atoms with Gasteiger partial charge in [0.1, 0.15) is 5.75 Å². The van der Waals surface area contributed by atoms with Crippen molar-refractivity contribution >= 4 is 5.91 Å². The number of benzene rings is 2. The lowest BCUT2D eigenvalue weighted by molar-refractivity contribution is -0.121. The van der Waals surface area contributed by atoms with Crippen LogP contribution in [0.2, 0.25) is 0 Å². The van der Waals surface area contributed by atoms with Gasteiger partial charge in [0.2, 0.25) is 5.91 Å². The fourth-order valence-corrected chi connectivity index (χ4v) is 3.06. The van der Waals surface area contributed by atoms with E-state index in [1.165, 1.54) is 5.56 Å². The Balaban J connectivity index is 1.69. The van der Waals surface area contributed by atoms with Crippen LogP contribution in [0.25, 0.3) is 0 Å². The maximum absolute atomic E-state index is 12.6. The molecule has 1 atom stereocenters. The minimum absolute atomic E-state index is 0.0183. The number of rotatable bonds is 7. The van der Waals surface area contributed by atoms with Crippen LogP contribution in [0.15, 0.2) is 73.1 Å². The Kier molecular flexibility index (Phi) is 5.74. The van der Waals surface area contributed by atoms with Crippen LogP contribution in [0, 0.1) is 6.92 Å². The zero-order valence-corrected chi connectivity index (χ0v) is 15.2. The standard InChI is InChI=1S/C22H24N2O2/c1-17-7-5-9-19(13-17)21(24-11-3-4-12-24)15-22(25)23-16-18-8-6-10-20(14-18)26-2/h3-14,21H,15-16H2,1-2H3,(H,23,25)/t21-/m0/s1. The van der Waals surface area contributed by atoms with Crippen molar-refractivity contribution in [3.05, 3.63) is 89.7 Å². The molecule has 4 nitrogen and oxygen atoms in total. The first-order chi connectivity index (χ1) is 12.7. The summed E-state index contributed by atoms with van der Waals surface area (Å²) < 4.78 is 7.31. The average Bonchev–Trinajstić information content (AvgIpc) is 3.19. The predicted octanol–water partition coefficient (Wildman–Crippen LogP) is 4.10. The number of carbonyl (C=O) groups excluding carboxylic acids is 1. The van der Waals surface area contributed by atoms with Crippen molar-refractivity contribution in [3.8, 4) is 5.75 Å². The van der Waals surface area contributed by atoms with Crippen LogP contribution in [0.1, 0.15) is 29.2 Å². The number of aromatic nitrogens is 1. The van der Waals surface area contributed by atoms with Gasteiger partial charge >= 0.3 is 0 Å². The van der Waals surface area contributed by atoms with Crippen LogP contribution in [0.4, 0.5) is 0 Å². The molecule has 1 amide bonds. The van der Waals surface area contributed by atoms with Gasteiger partial charge in [0, 0.05) is 18.9 Å². The molecule has 0 aliphatic heterocycles. The molecular formula is C22H24N2O2. The van der Waals surface area contributed by atoms with E-state index in [2.05, 4.69) is 35.0 Å². The number of nitrogens with one attached hydrogen (secondary N) is 1. The van der Waals surface area contributed by atoms with E-state index in [0.29, 0.717) is 13.0 Å². The zero-order valence-electron chi connectivity index (χ0n) is 15.2. The van der Waals surface area contributed by atoms with Gasteiger partial charge < -0.3 is 14.6 Å². The lowest BCUT2D eigenvalue weighted by atomic mass is 10.0. The number of ether oxygens (including phenoxy) is 1. The number of methoxy groups -OCH3 is 1. The Labute approximate surface area is 154 Å². The van der Waals surface area contributed by atoms with Gasteiger partial charge in [-0.05, 0) is 42.3 Å². The number of carbonyl (C=O) groups is 1. The van der Waals surface area contributed by atoms with Gasteiger partial charge in [-0.1, -0.05) is 42.0 Å². The quantitative estimate of drug-likeness (QED) is 0.698. The van der Waals surface area contributed by atoms with Crippen molar-refractivity contribution < 1.29 is 9.53 Å². The summed E-state index contributed by atoms with van der Waals surface area (Å²) in [5, 5.41) is 3.02. The van der Waals surface area contributed by atoms with Crippen molar-refractivity contribution in [2.45, 2.75) is 25.9 Å². The molecule has 0 aliphatic rings. The van der Waals surface area contributed by atoms with E-state index in [4.69, 9.17) is 4.74 Å². The second-order valence-corrected chi connectivity index (χ2v) is 6.39. The molecule has 0 saturated heterocycles. The van der Waals surface area contributed by atoms with E-state index in [0.717, 1.165) is 16.9 Å². The fourth-order valence-electron chi connectivity index (χ4n) is 3.06. The Bertz CT molecular complexity index is 856. The molecule has 1 aromatic heterocycles. The number of amides is 1. The lowest BCUT2D eigenvalue weighted by Gasteiger charge is -2.20. The van der Waals surface area contributed by atoms with Gasteiger partial charge in [0.25, 0.3) is 0 Å². The molecule has 26 heavy (non-hydrogen) atoms. The number of hydrogen-bond acceptors (Lipinski definition) is 2. The van der Waals surface area contributed by atoms with Gasteiger partial charge in [-0.2, -0.15) is 0 Å². The Morgan fingerprint density at radius 3 is 2.58 bits per heavy atom. The molecule has 0 radical (unpaired) electrons. The topological polar surface area (TPSA) is 43.3 Å². The Morgan fingerprint density at radius 2 is 1.85 bits per heavy atom. The number of aryl methyl sites for hydroxylation is 1. The predicted molar refractivity (Wildman–Crippen MR) is 103 cm³/mol. The first kappa shape index (κ1) is 17.8. The van der Waals surface area contributed by atoms with Gasteiger partial charge in [-0.25, -0.2) is 0 Å². The SMILES string of the molecule is COc1cccc(CNC(=O)C[C@@H](c2cccc(C)c2)n2cccc2)c1. The van der Waals surface area contributed by atoms with Crippen LogP contribution >= 0.6 is 0 Å². The second-order valence-electron chi connectivity index (χ2n) is 6.39. The van der Waals surface area contributed by atoms with E-state index in [1.54, 1.807) is 7.11 Å². The molecule has 0 aliphatic carbocycles. The van der Waals surface area contributed by atoms with Gasteiger partial charge in [-0.3, -0.25) is 4.79 Å². The summed E-state index contributed by atoms with van der Waals surface area (Å²) in [5.41, 5.74) is 3.35. The molecule has 0 bridgehead atoms. The molecule has 0 saturated carbocycles. The molecule has 0 fully saturated rings. The first-order valence-electron chi connectivity index (χ1n) is 8.74. The van der Waals surface area contributed by atoms with Crippen molar-refractivity contribution in [2.75, 3.05) is 7.11 Å². The highest BCUT2D eigenvalue weighted by Gasteiger charge is 2.17. The summed E-state index contributed by atoms with van der Waals surface area (Å²) in [5.74, 6) is 0.815. The highest BCUT2D eigenvalue weighted by Crippen LogP contribution is 2.23. The highest BCUT2D eigenvalue weighted by atomic mass is 16.5. The molecule has 3 rings (SSSR count). The molecule has 4 heteroatoms. The Morgan fingerprint density at radius 1 is 1.08 bits per heavy atom. The van der Waals surface area contributed by atoms with Gasteiger partial charge in [0.15, 0.2) is 0 Å². The molecule has 1 N–H and O–H groups in total. The third kappa shape index (κ3) is 4.54. The molecular weight excluding hydrogens is 324 g/mol. The lowest BCUT2D eigenvalue weighted by Crippen LogP contribution is -2.26. The van der Waals surface area contributed by atoms with E-state index < -0.39 is 0 Å². The summed E-state index contributed by atoms with van der Waals surface area (Å²) in [7, 11) is 1.64. The number of nitrogens with zero attached hydrogens (tertiary/aromatic N) is 1. The van der Waals surface area contributed by atoms with Crippen LogP contribution in [0.3, 0.4) is 0 Å². The maximum atomic E-state index is 12.6. The van der Waals surface area contributed by atoms with E-state index in [9.17, 15) is 4.79 Å². The van der Waals surface area contributed by atoms with Crippen molar-refractivity contribution in [1.29, 1.82) is 0 Å². The first-order valence-corrected chi connectivity index (χ1v) is 8.74. The van der Waals surface area contributed by atoms with Crippen LogP contribution in [-0.4, -0.2) is 17.6 Å². The minimum atomic E-state index is -0.0183. The third-order valence-corrected chi connectivity index (χ3v) is 4.42. The van der Waals surface area contributed by atoms with Crippen LogP contribution < -0.4 is 10.1 Å². The molecule has 0 spiro atoms. The molecule has 1 heterocycles. The summed E-state index contributed by atoms with van der Waals surface area (Å²) in [6.45, 7) is 2.56. The van der Waals surface area contributed by atoms with Crippen molar-refractivity contribution in [3.63, 3.8) is 0 Å². The third-order valence-electron chi connectivity index (χ3n) is 4.42. The van der Waals surface area contributed by atoms with E-state index in [-0.39, 0.29) is 11.9 Å². The van der Waals surface area contributed by atoms with Gasteiger partial charge in [-0.15, -0.1) is 0 Å². The van der Waals surface area contributed by atoms with E-state index >= 15 is 0 Å². The summed E-state index contributed by atoms with van der Waals surface area (Å²) in [4.78, 5) is 12.6. The minimum Gasteiger partial charge on any atom is -0.497 e. The van der Waals surface area contributed by atoms with E-state index in [1.807, 2.05) is 54.9 Å². The maximum Gasteiger partial charge on any atom is 0.222 e. The molecule has 0 unspecified atom stereocenters. The number of hydrogen-bond donors (Lipinski definition) is 1. The highest BCUT2D eigenvalue weighted by molar-refractivity contribution is 5.76. The van der Waals surface area contributed by atoms with Crippen LogP contribution in [-0.2, 0) is 11.3 Å². The molecule has 134 valence electrons. The molecule has 2 aromatic carbocycles. The molecule has 3 aromatic rings. The largest absolute Gasteiger partial charge is 0.497 e. The Hall–Kier alpha value is -3.01. The fraction of sp³-hybridized carbons (Fsp3) is 0.227. The second kappa shape index (κ2) is 8.39. The zero-order chi connectivity index (χ0) is 18.4.